The van der Waals surface area contributed by atoms with Crippen LogP contribution < -0.4 is 11.1 Å². The molecule has 3 heteroatoms. The highest BCUT2D eigenvalue weighted by Crippen LogP contribution is 1.90. The van der Waals surface area contributed by atoms with E-state index in [0.29, 0.717) is 12.2 Å². The smallest absolute Gasteiger partial charge is 0.119 e. The van der Waals surface area contributed by atoms with E-state index in [2.05, 4.69) is 30.0 Å². The maximum Gasteiger partial charge on any atom is 0.119 e. The largest absolute Gasteiger partial charge is 0.355 e. The fourth-order valence-electron chi connectivity index (χ4n) is 0.632. The van der Waals surface area contributed by atoms with Crippen LogP contribution in [-0.4, -0.2) is 12.4 Å². The Morgan fingerprint density at radius 2 is 2.25 bits per heavy atom. The minimum Gasteiger partial charge on any atom is -0.355 e. The molecule has 3 nitrogen and oxygen atoms in total. The van der Waals surface area contributed by atoms with Crippen molar-refractivity contribution in [2.45, 2.75) is 12.6 Å². The molecular formula is C9H15N3. The van der Waals surface area contributed by atoms with E-state index in [1.807, 2.05) is 0 Å². The number of rotatable bonds is 6. The fraction of sp³-hybridized carbons (Fsp3) is 0.222. The molecule has 0 aliphatic rings. The van der Waals surface area contributed by atoms with Crippen molar-refractivity contribution in [3.05, 3.63) is 37.7 Å². The van der Waals surface area contributed by atoms with Gasteiger partial charge in [0.2, 0.25) is 0 Å². The van der Waals surface area contributed by atoms with Gasteiger partial charge in [0, 0.05) is 6.21 Å². The molecule has 0 saturated heterocycles. The summed E-state index contributed by atoms with van der Waals surface area (Å²) in [6.45, 7) is 10.7. The normalized spacial score (nSPS) is 12.4. The van der Waals surface area contributed by atoms with E-state index in [1.165, 1.54) is 0 Å². The number of nitrogens with two attached hydrogens (primary N) is 1. The Hall–Kier alpha value is -1.35. The van der Waals surface area contributed by atoms with Gasteiger partial charge in [-0.1, -0.05) is 25.3 Å². The Morgan fingerprint density at radius 3 is 2.75 bits per heavy atom. The lowest BCUT2D eigenvalue weighted by atomic mass is 10.3. The molecule has 66 valence electrons. The van der Waals surface area contributed by atoms with Crippen LogP contribution in [0.15, 0.2) is 42.7 Å². The summed E-state index contributed by atoms with van der Waals surface area (Å²) in [5.41, 5.74) is 5.61. The van der Waals surface area contributed by atoms with Crippen LogP contribution in [-0.2, 0) is 0 Å². The first-order valence-electron chi connectivity index (χ1n) is 3.67. The van der Waals surface area contributed by atoms with Crippen molar-refractivity contribution in [1.29, 1.82) is 0 Å². The predicted molar refractivity (Wildman–Crippen MR) is 53.8 cm³/mol. The van der Waals surface area contributed by atoms with Crippen molar-refractivity contribution in [3.8, 4) is 0 Å². The van der Waals surface area contributed by atoms with Gasteiger partial charge in [-0.15, -0.1) is 6.58 Å². The second kappa shape index (κ2) is 6.37. The summed E-state index contributed by atoms with van der Waals surface area (Å²) in [7, 11) is 0. The van der Waals surface area contributed by atoms with E-state index >= 15 is 0 Å². The molecule has 0 rings (SSSR count). The van der Waals surface area contributed by atoms with Crippen molar-refractivity contribution in [2.75, 3.05) is 0 Å². The third-order valence-electron chi connectivity index (χ3n) is 1.11. The van der Waals surface area contributed by atoms with E-state index in [9.17, 15) is 0 Å². The second-order valence-electron chi connectivity index (χ2n) is 2.24. The SMILES string of the molecule is C=C/C=N\C(=C)N[C@H](N)CC=C. The van der Waals surface area contributed by atoms with Crippen LogP contribution in [0.5, 0.6) is 0 Å². The van der Waals surface area contributed by atoms with E-state index < -0.39 is 0 Å². The molecule has 0 fully saturated rings. The Labute approximate surface area is 73.4 Å². The van der Waals surface area contributed by atoms with Crippen LogP contribution in [0.4, 0.5) is 0 Å². The van der Waals surface area contributed by atoms with Crippen LogP contribution in [0, 0.1) is 0 Å². The predicted octanol–water partition coefficient (Wildman–Crippen LogP) is 1.16. The lowest BCUT2D eigenvalue weighted by molar-refractivity contribution is 0.593. The minimum absolute atomic E-state index is 0.169. The van der Waals surface area contributed by atoms with Gasteiger partial charge in [-0.25, -0.2) is 4.99 Å². The molecule has 0 amide bonds. The van der Waals surface area contributed by atoms with Crippen molar-refractivity contribution in [2.24, 2.45) is 10.7 Å². The van der Waals surface area contributed by atoms with Crippen molar-refractivity contribution >= 4 is 6.21 Å². The summed E-state index contributed by atoms with van der Waals surface area (Å²) < 4.78 is 0. The number of aliphatic imine (C=N–C) groups is 1. The third-order valence-corrected chi connectivity index (χ3v) is 1.11. The third kappa shape index (κ3) is 5.44. The standard InChI is InChI=1S/C9H15N3/c1-4-6-9(10)12-8(3)11-7-5-2/h4-5,7,9,12H,1-3,6,10H2/b11-7-/t9-/m0/s1. The van der Waals surface area contributed by atoms with Gasteiger partial charge in [-0.05, 0) is 6.42 Å². The lowest BCUT2D eigenvalue weighted by Gasteiger charge is -2.11. The van der Waals surface area contributed by atoms with Gasteiger partial charge in [0.15, 0.2) is 0 Å². The average molecular weight is 165 g/mol. The molecule has 0 aliphatic carbocycles. The lowest BCUT2D eigenvalue weighted by Crippen LogP contribution is -2.35. The van der Waals surface area contributed by atoms with Gasteiger partial charge in [-0.3, -0.25) is 0 Å². The van der Waals surface area contributed by atoms with Crippen LogP contribution in [0.25, 0.3) is 0 Å². The Balaban J connectivity index is 3.75. The number of allylic oxidation sites excluding steroid dienone is 1. The summed E-state index contributed by atoms with van der Waals surface area (Å²) in [5.74, 6) is 0.532. The summed E-state index contributed by atoms with van der Waals surface area (Å²) in [4.78, 5) is 3.90. The van der Waals surface area contributed by atoms with Gasteiger partial charge in [0.25, 0.3) is 0 Å². The zero-order valence-corrected chi connectivity index (χ0v) is 7.16. The second-order valence-corrected chi connectivity index (χ2v) is 2.24. The first-order chi connectivity index (χ1) is 5.70. The van der Waals surface area contributed by atoms with Crippen LogP contribution in [0.2, 0.25) is 0 Å². The first kappa shape index (κ1) is 10.7. The Kier molecular flexibility index (Phi) is 5.65. The maximum atomic E-state index is 5.61. The molecule has 0 aromatic heterocycles. The highest BCUT2D eigenvalue weighted by Gasteiger charge is 1.97. The first-order valence-corrected chi connectivity index (χ1v) is 3.67. The Bertz CT molecular complexity index is 194. The molecule has 0 radical (unpaired) electrons. The molecule has 0 spiro atoms. The topological polar surface area (TPSA) is 50.4 Å². The molecule has 12 heavy (non-hydrogen) atoms. The van der Waals surface area contributed by atoms with Gasteiger partial charge in [0.05, 0.1) is 6.17 Å². The summed E-state index contributed by atoms with van der Waals surface area (Å²) >= 11 is 0. The zero-order chi connectivity index (χ0) is 9.40. The van der Waals surface area contributed by atoms with Gasteiger partial charge in [-0.2, -0.15) is 0 Å². The minimum atomic E-state index is -0.169. The van der Waals surface area contributed by atoms with Gasteiger partial charge >= 0.3 is 0 Å². The molecule has 0 aromatic carbocycles. The average Bonchev–Trinajstić information content (AvgIpc) is 2.01. The van der Waals surface area contributed by atoms with Crippen LogP contribution >= 0.6 is 0 Å². The Morgan fingerprint density at radius 1 is 1.58 bits per heavy atom. The summed E-state index contributed by atoms with van der Waals surface area (Å²) in [5, 5.41) is 2.88. The fourth-order valence-corrected chi connectivity index (χ4v) is 0.632. The number of nitrogens with one attached hydrogen (secondary N) is 1. The molecule has 0 unspecified atom stereocenters. The van der Waals surface area contributed by atoms with Crippen LogP contribution in [0.1, 0.15) is 6.42 Å². The summed E-state index contributed by atoms with van der Waals surface area (Å²) in [6.07, 6.45) is 5.38. The van der Waals surface area contributed by atoms with E-state index in [4.69, 9.17) is 5.73 Å². The molecule has 3 N–H and O–H groups in total. The molecular weight excluding hydrogens is 150 g/mol. The highest BCUT2D eigenvalue weighted by molar-refractivity contribution is 5.71. The van der Waals surface area contributed by atoms with E-state index in [1.54, 1.807) is 18.4 Å². The number of hydrogen-bond donors (Lipinski definition) is 2. The quantitative estimate of drug-likeness (QED) is 0.352. The number of hydrogen-bond acceptors (Lipinski definition) is 3. The van der Waals surface area contributed by atoms with Gasteiger partial charge < -0.3 is 11.1 Å². The molecule has 0 aliphatic heterocycles. The zero-order valence-electron chi connectivity index (χ0n) is 7.16. The van der Waals surface area contributed by atoms with Crippen molar-refractivity contribution < 1.29 is 0 Å². The van der Waals surface area contributed by atoms with E-state index in [-0.39, 0.29) is 6.17 Å². The van der Waals surface area contributed by atoms with Crippen molar-refractivity contribution in [3.63, 3.8) is 0 Å². The number of nitrogens with zero attached hydrogens (tertiary/aromatic N) is 1. The van der Waals surface area contributed by atoms with Gasteiger partial charge in [0.1, 0.15) is 5.82 Å². The molecule has 0 aromatic rings. The molecule has 0 heterocycles. The maximum absolute atomic E-state index is 5.61. The molecule has 0 bridgehead atoms. The van der Waals surface area contributed by atoms with Crippen molar-refractivity contribution in [1.82, 2.24) is 5.32 Å². The molecule has 0 saturated carbocycles. The molecule has 1 atom stereocenters. The summed E-state index contributed by atoms with van der Waals surface area (Å²) in [6, 6.07) is 0. The highest BCUT2D eigenvalue weighted by atomic mass is 15.1. The monoisotopic (exact) mass is 165 g/mol. The van der Waals surface area contributed by atoms with E-state index in [0.717, 1.165) is 0 Å². The van der Waals surface area contributed by atoms with Crippen LogP contribution in [0.3, 0.4) is 0 Å².